The first kappa shape index (κ1) is 21.2. The van der Waals surface area contributed by atoms with E-state index < -0.39 is 17.9 Å². The third kappa shape index (κ3) is 5.74. The minimum absolute atomic E-state index is 0.0194. The highest BCUT2D eigenvalue weighted by molar-refractivity contribution is 5.87. The van der Waals surface area contributed by atoms with E-state index in [1.54, 1.807) is 7.05 Å². The average molecular weight is 321 g/mol. The predicted octanol–water partition coefficient (Wildman–Crippen LogP) is 3.13. The average Bonchev–Trinajstić information content (AvgIpc) is 2.52. The van der Waals surface area contributed by atoms with Gasteiger partial charge in [-0.25, -0.2) is 4.79 Å². The molecule has 0 N–H and O–H groups in total. The van der Waals surface area contributed by atoms with Gasteiger partial charge in [-0.1, -0.05) is 59.6 Å². The summed E-state index contributed by atoms with van der Waals surface area (Å²) >= 11 is 0. The first-order chi connectivity index (χ1) is 10.7. The molecule has 130 valence electrons. The Morgan fingerprint density at radius 2 is 1.87 bits per heavy atom. The van der Waals surface area contributed by atoms with Crippen molar-refractivity contribution in [2.24, 2.45) is 23.7 Å². The van der Waals surface area contributed by atoms with Crippen LogP contribution in [-0.4, -0.2) is 36.5 Å². The van der Waals surface area contributed by atoms with E-state index in [0.29, 0.717) is 0 Å². The quantitative estimate of drug-likeness (QED) is 0.372. The number of terminal acetylenes is 1. The largest absolute Gasteiger partial charge is 0.460 e. The number of ether oxygens (including phenoxy) is 1. The molecule has 1 unspecified atom stereocenters. The third-order valence-corrected chi connectivity index (χ3v) is 4.56. The maximum Gasteiger partial charge on any atom is 0.329 e. The molecular weight excluding hydrogens is 290 g/mol. The van der Waals surface area contributed by atoms with E-state index in [9.17, 15) is 9.59 Å². The maximum absolute atomic E-state index is 12.8. The molecule has 0 fully saturated rings. The summed E-state index contributed by atoms with van der Waals surface area (Å²) in [6.45, 7) is 13.6. The lowest BCUT2D eigenvalue weighted by Gasteiger charge is -2.34. The topological polar surface area (TPSA) is 46.6 Å². The predicted molar refractivity (Wildman–Crippen MR) is 93.5 cm³/mol. The Morgan fingerprint density at radius 3 is 2.26 bits per heavy atom. The second-order valence-corrected chi connectivity index (χ2v) is 6.45. The van der Waals surface area contributed by atoms with Gasteiger partial charge in [0.15, 0.2) is 0 Å². The number of carbonyl (C=O) groups is 2. The summed E-state index contributed by atoms with van der Waals surface area (Å²) in [6, 6.07) is -0.636. The Labute approximate surface area is 141 Å². The van der Waals surface area contributed by atoms with Crippen molar-refractivity contribution in [3.05, 3.63) is 12.7 Å². The minimum Gasteiger partial charge on any atom is -0.460 e. The molecule has 0 bridgehead atoms. The van der Waals surface area contributed by atoms with Crippen LogP contribution in [-0.2, 0) is 14.3 Å². The Kier molecular flexibility index (Phi) is 9.32. The SMILES string of the molecule is C#C[C@@H](C(=O)N(C)[C@H](C(=O)OCC=C)[C@@H](C)CC)C(C)C(C)C. The van der Waals surface area contributed by atoms with Gasteiger partial charge < -0.3 is 9.64 Å². The first-order valence-corrected chi connectivity index (χ1v) is 8.23. The summed E-state index contributed by atoms with van der Waals surface area (Å²) < 4.78 is 5.17. The fourth-order valence-corrected chi connectivity index (χ4v) is 2.41. The number of hydrogen-bond acceptors (Lipinski definition) is 3. The molecule has 0 aliphatic heterocycles. The molecule has 0 aliphatic carbocycles. The zero-order valence-corrected chi connectivity index (χ0v) is 15.3. The Morgan fingerprint density at radius 1 is 1.30 bits per heavy atom. The van der Waals surface area contributed by atoms with Crippen LogP contribution in [0.15, 0.2) is 12.7 Å². The van der Waals surface area contributed by atoms with E-state index in [4.69, 9.17) is 11.2 Å². The van der Waals surface area contributed by atoms with Crippen LogP contribution in [0.3, 0.4) is 0 Å². The van der Waals surface area contributed by atoms with Crippen molar-refractivity contribution in [3.63, 3.8) is 0 Å². The molecule has 0 saturated heterocycles. The highest BCUT2D eigenvalue weighted by Crippen LogP contribution is 2.24. The number of likely N-dealkylation sites (N-methyl/N-ethyl adjacent to an activating group) is 1. The molecule has 0 aromatic carbocycles. The van der Waals surface area contributed by atoms with Gasteiger partial charge in [-0.2, -0.15) is 0 Å². The molecule has 0 aromatic heterocycles. The lowest BCUT2D eigenvalue weighted by molar-refractivity contribution is -0.156. The van der Waals surface area contributed by atoms with Gasteiger partial charge in [0.25, 0.3) is 0 Å². The highest BCUT2D eigenvalue weighted by atomic mass is 16.5. The Balaban J connectivity index is 5.38. The van der Waals surface area contributed by atoms with Gasteiger partial charge in [0, 0.05) is 7.05 Å². The minimum atomic E-state index is -0.636. The normalized spacial score (nSPS) is 15.9. The molecule has 0 spiro atoms. The Bertz CT molecular complexity index is 450. The van der Waals surface area contributed by atoms with E-state index in [1.165, 1.54) is 11.0 Å². The van der Waals surface area contributed by atoms with Crippen molar-refractivity contribution < 1.29 is 14.3 Å². The zero-order valence-electron chi connectivity index (χ0n) is 15.3. The van der Waals surface area contributed by atoms with Crippen molar-refractivity contribution >= 4 is 11.9 Å². The molecule has 0 aromatic rings. The summed E-state index contributed by atoms with van der Waals surface area (Å²) in [6.07, 6.45) is 7.86. The number of nitrogens with zero attached hydrogens (tertiary/aromatic N) is 1. The molecule has 4 heteroatoms. The lowest BCUT2D eigenvalue weighted by Crippen LogP contribution is -2.50. The summed E-state index contributed by atoms with van der Waals surface area (Å²) in [5, 5.41) is 0. The molecular formula is C19H31NO3. The zero-order chi connectivity index (χ0) is 18.2. The van der Waals surface area contributed by atoms with Crippen molar-refractivity contribution in [1.82, 2.24) is 4.90 Å². The van der Waals surface area contributed by atoms with E-state index in [2.05, 4.69) is 12.5 Å². The number of rotatable bonds is 9. The lowest BCUT2D eigenvalue weighted by atomic mass is 9.84. The van der Waals surface area contributed by atoms with Crippen LogP contribution in [0.5, 0.6) is 0 Å². The van der Waals surface area contributed by atoms with Gasteiger partial charge in [0.2, 0.25) is 5.91 Å². The smallest absolute Gasteiger partial charge is 0.329 e. The van der Waals surface area contributed by atoms with Crippen LogP contribution in [0, 0.1) is 36.0 Å². The van der Waals surface area contributed by atoms with Crippen LogP contribution in [0.4, 0.5) is 0 Å². The van der Waals surface area contributed by atoms with Gasteiger partial charge in [0.05, 0.1) is 0 Å². The molecule has 0 radical (unpaired) electrons. The van der Waals surface area contributed by atoms with Crippen LogP contribution in [0.25, 0.3) is 0 Å². The molecule has 0 rings (SSSR count). The molecule has 0 saturated carbocycles. The van der Waals surface area contributed by atoms with Crippen LogP contribution in [0.1, 0.15) is 41.0 Å². The fraction of sp³-hybridized carbons (Fsp3) is 0.684. The van der Waals surface area contributed by atoms with Crippen LogP contribution < -0.4 is 0 Å². The maximum atomic E-state index is 12.8. The standard InChI is InChI=1S/C19H31NO3/c1-9-12-23-19(22)17(14(6)10-2)20(8)18(21)16(11-3)15(7)13(4)5/h3,9,13-17H,1,10,12H2,2,4-8H3/t14-,15?,16+,17-/m0/s1. The monoisotopic (exact) mass is 321 g/mol. The van der Waals surface area contributed by atoms with Crippen molar-refractivity contribution in [3.8, 4) is 12.3 Å². The second-order valence-electron chi connectivity index (χ2n) is 6.45. The van der Waals surface area contributed by atoms with Gasteiger partial charge >= 0.3 is 5.97 Å². The number of carbonyl (C=O) groups excluding carboxylic acids is 2. The summed E-state index contributed by atoms with van der Waals surface area (Å²) in [7, 11) is 1.63. The second kappa shape index (κ2) is 10.1. The van der Waals surface area contributed by atoms with E-state index in [-0.39, 0.29) is 30.3 Å². The summed E-state index contributed by atoms with van der Waals surface area (Å²) in [5.41, 5.74) is 0. The number of hydrogen-bond donors (Lipinski definition) is 0. The highest BCUT2D eigenvalue weighted by Gasteiger charge is 2.36. The number of amides is 1. The molecule has 23 heavy (non-hydrogen) atoms. The van der Waals surface area contributed by atoms with Gasteiger partial charge in [-0.15, -0.1) is 6.42 Å². The molecule has 4 nitrogen and oxygen atoms in total. The summed E-state index contributed by atoms with van der Waals surface area (Å²) in [5.74, 6) is 1.74. The van der Waals surface area contributed by atoms with Crippen molar-refractivity contribution in [2.75, 3.05) is 13.7 Å². The molecule has 4 atom stereocenters. The first-order valence-electron chi connectivity index (χ1n) is 8.23. The fourth-order valence-electron chi connectivity index (χ4n) is 2.41. The number of esters is 1. The Hall–Kier alpha value is -1.76. The van der Waals surface area contributed by atoms with Crippen LogP contribution in [0.2, 0.25) is 0 Å². The molecule has 1 amide bonds. The molecule has 0 heterocycles. The van der Waals surface area contributed by atoms with Crippen LogP contribution >= 0.6 is 0 Å². The van der Waals surface area contributed by atoms with Gasteiger partial charge in [-0.05, 0) is 17.8 Å². The third-order valence-electron chi connectivity index (χ3n) is 4.56. The van der Waals surface area contributed by atoms with E-state index >= 15 is 0 Å². The molecule has 0 aliphatic rings. The van der Waals surface area contributed by atoms with Gasteiger partial charge in [0.1, 0.15) is 18.6 Å². The van der Waals surface area contributed by atoms with E-state index in [1.807, 2.05) is 34.6 Å². The summed E-state index contributed by atoms with van der Waals surface area (Å²) in [4.78, 5) is 26.6. The van der Waals surface area contributed by atoms with Crippen molar-refractivity contribution in [1.29, 1.82) is 0 Å². The van der Waals surface area contributed by atoms with Gasteiger partial charge in [-0.3, -0.25) is 4.79 Å². The van der Waals surface area contributed by atoms with E-state index in [0.717, 1.165) is 6.42 Å². The van der Waals surface area contributed by atoms with Crippen molar-refractivity contribution in [2.45, 2.75) is 47.1 Å².